The molecular weight excluding hydrogens is 156 g/mol. The zero-order valence-electron chi connectivity index (χ0n) is 7.23. The van der Waals surface area contributed by atoms with Crippen molar-refractivity contribution in [1.82, 2.24) is 9.80 Å². The normalized spacial score (nSPS) is 36.1. The van der Waals surface area contributed by atoms with Crippen molar-refractivity contribution in [1.29, 1.82) is 0 Å². The van der Waals surface area contributed by atoms with Crippen molar-refractivity contribution in [2.24, 2.45) is 0 Å². The highest BCUT2D eigenvalue weighted by Crippen LogP contribution is 2.28. The second-order valence-electron chi connectivity index (χ2n) is 3.81. The van der Waals surface area contributed by atoms with Gasteiger partial charge in [0.2, 0.25) is 0 Å². The molecule has 0 aliphatic carbocycles. The zero-order valence-corrected chi connectivity index (χ0v) is 7.23. The van der Waals surface area contributed by atoms with Crippen molar-refractivity contribution in [3.63, 3.8) is 0 Å². The Morgan fingerprint density at radius 1 is 1.50 bits per heavy atom. The second-order valence-corrected chi connectivity index (χ2v) is 3.81. The lowest BCUT2D eigenvalue weighted by Crippen LogP contribution is -2.46. The maximum absolute atomic E-state index is 10.5. The molecule has 2 fully saturated rings. The fraction of sp³-hybridized carbons (Fsp3) is 0.875. The van der Waals surface area contributed by atoms with Gasteiger partial charge in [-0.2, -0.15) is 0 Å². The van der Waals surface area contributed by atoms with Crippen LogP contribution in [0.5, 0.6) is 0 Å². The summed E-state index contributed by atoms with van der Waals surface area (Å²) in [4.78, 5) is 14.9. The van der Waals surface area contributed by atoms with Gasteiger partial charge in [-0.1, -0.05) is 0 Å². The number of likely N-dealkylation sites (tertiary alicyclic amines) is 2. The molecular formula is C8H14N2O2. The SMILES string of the molecule is CN1CC2CC1CN2CC(=O)O. The Labute approximate surface area is 71.8 Å². The maximum Gasteiger partial charge on any atom is 0.317 e. The van der Waals surface area contributed by atoms with Gasteiger partial charge >= 0.3 is 5.97 Å². The van der Waals surface area contributed by atoms with Crippen LogP contribution in [-0.4, -0.2) is 59.6 Å². The molecule has 2 unspecified atom stereocenters. The van der Waals surface area contributed by atoms with Crippen molar-refractivity contribution >= 4 is 5.97 Å². The predicted octanol–water partition coefficient (Wildman–Crippen LogP) is -0.541. The summed E-state index contributed by atoms with van der Waals surface area (Å²) in [6.07, 6.45) is 1.16. The van der Waals surface area contributed by atoms with Crippen LogP contribution in [0.25, 0.3) is 0 Å². The minimum Gasteiger partial charge on any atom is -0.480 e. The number of nitrogens with zero attached hydrogens (tertiary/aromatic N) is 2. The number of carboxylic acids is 1. The smallest absolute Gasteiger partial charge is 0.317 e. The average Bonchev–Trinajstić information content (AvgIpc) is 2.44. The number of aliphatic carboxylic acids is 1. The molecule has 0 amide bonds. The van der Waals surface area contributed by atoms with Crippen molar-refractivity contribution in [3.8, 4) is 0 Å². The van der Waals surface area contributed by atoms with Gasteiger partial charge in [0.05, 0.1) is 6.54 Å². The van der Waals surface area contributed by atoms with E-state index in [0.717, 1.165) is 19.5 Å². The number of hydrogen-bond donors (Lipinski definition) is 1. The second kappa shape index (κ2) is 2.71. The summed E-state index contributed by atoms with van der Waals surface area (Å²) in [6, 6.07) is 1.10. The van der Waals surface area contributed by atoms with Crippen molar-refractivity contribution in [2.45, 2.75) is 18.5 Å². The van der Waals surface area contributed by atoms with E-state index >= 15 is 0 Å². The molecule has 68 valence electrons. The van der Waals surface area contributed by atoms with Crippen LogP contribution < -0.4 is 0 Å². The number of hydrogen-bond acceptors (Lipinski definition) is 3. The quantitative estimate of drug-likeness (QED) is 0.604. The van der Waals surface area contributed by atoms with Crippen LogP contribution in [0.4, 0.5) is 0 Å². The topological polar surface area (TPSA) is 43.8 Å². The summed E-state index contributed by atoms with van der Waals surface area (Å²) in [7, 11) is 2.11. The fourth-order valence-corrected chi connectivity index (χ4v) is 2.32. The molecule has 2 atom stereocenters. The Bertz CT molecular complexity index is 205. The summed E-state index contributed by atoms with van der Waals surface area (Å²) < 4.78 is 0. The number of fused-ring (bicyclic) bond motifs is 2. The lowest BCUT2D eigenvalue weighted by molar-refractivity contribution is -0.138. The van der Waals surface area contributed by atoms with Gasteiger partial charge in [0, 0.05) is 25.2 Å². The first-order valence-corrected chi connectivity index (χ1v) is 4.33. The first-order valence-electron chi connectivity index (χ1n) is 4.33. The van der Waals surface area contributed by atoms with Crippen molar-refractivity contribution < 1.29 is 9.90 Å². The Morgan fingerprint density at radius 2 is 2.25 bits per heavy atom. The summed E-state index contributed by atoms with van der Waals surface area (Å²) >= 11 is 0. The van der Waals surface area contributed by atoms with E-state index in [0.29, 0.717) is 12.1 Å². The van der Waals surface area contributed by atoms with Gasteiger partial charge in [0.15, 0.2) is 0 Å². The van der Waals surface area contributed by atoms with Crippen LogP contribution in [0, 0.1) is 0 Å². The van der Waals surface area contributed by atoms with Crippen LogP contribution in [0.1, 0.15) is 6.42 Å². The van der Waals surface area contributed by atoms with Crippen LogP contribution in [0.15, 0.2) is 0 Å². The van der Waals surface area contributed by atoms with Gasteiger partial charge in [-0.15, -0.1) is 0 Å². The van der Waals surface area contributed by atoms with Gasteiger partial charge in [-0.25, -0.2) is 0 Å². The average molecular weight is 170 g/mol. The Balaban J connectivity index is 1.94. The van der Waals surface area contributed by atoms with E-state index in [1.54, 1.807) is 0 Å². The van der Waals surface area contributed by atoms with Gasteiger partial charge in [-0.3, -0.25) is 9.69 Å². The van der Waals surface area contributed by atoms with Crippen molar-refractivity contribution in [2.75, 3.05) is 26.7 Å². The van der Waals surface area contributed by atoms with Gasteiger partial charge in [0.1, 0.15) is 0 Å². The molecule has 4 nitrogen and oxygen atoms in total. The molecule has 2 saturated heterocycles. The third-order valence-corrected chi connectivity index (χ3v) is 2.97. The molecule has 12 heavy (non-hydrogen) atoms. The number of carbonyl (C=O) groups is 1. The standard InChI is InChI=1S/C8H14N2O2/c1-9-3-7-2-6(9)4-10(7)5-8(11)12/h6-7H,2-5H2,1H3,(H,11,12). The minimum absolute atomic E-state index is 0.217. The van der Waals surface area contributed by atoms with E-state index in [4.69, 9.17) is 5.11 Å². The number of carboxylic acid groups (broad SMARTS) is 1. The van der Waals surface area contributed by atoms with E-state index in [2.05, 4.69) is 16.8 Å². The van der Waals surface area contributed by atoms with E-state index in [1.165, 1.54) is 0 Å². The van der Waals surface area contributed by atoms with Gasteiger partial charge < -0.3 is 10.0 Å². The lowest BCUT2D eigenvalue weighted by Gasteiger charge is -2.30. The summed E-state index contributed by atoms with van der Waals surface area (Å²) in [6.45, 7) is 2.19. The van der Waals surface area contributed by atoms with Crippen LogP contribution >= 0.6 is 0 Å². The number of likely N-dealkylation sites (N-methyl/N-ethyl adjacent to an activating group) is 1. The molecule has 2 rings (SSSR count). The third kappa shape index (κ3) is 1.21. The molecule has 2 heterocycles. The molecule has 0 radical (unpaired) electrons. The van der Waals surface area contributed by atoms with Gasteiger partial charge in [-0.05, 0) is 13.5 Å². The molecule has 0 spiro atoms. The summed E-state index contributed by atoms with van der Waals surface area (Å²) in [5, 5.41) is 8.61. The van der Waals surface area contributed by atoms with Gasteiger partial charge in [0.25, 0.3) is 0 Å². The Kier molecular flexibility index (Phi) is 1.81. The number of piperazine rings is 1. The van der Waals surface area contributed by atoms with Crippen LogP contribution in [0.3, 0.4) is 0 Å². The van der Waals surface area contributed by atoms with E-state index in [-0.39, 0.29) is 6.54 Å². The van der Waals surface area contributed by atoms with E-state index in [1.807, 2.05) is 0 Å². The number of rotatable bonds is 2. The Hall–Kier alpha value is -0.610. The van der Waals surface area contributed by atoms with Crippen molar-refractivity contribution in [3.05, 3.63) is 0 Å². The van der Waals surface area contributed by atoms with E-state index in [9.17, 15) is 4.79 Å². The molecule has 4 heteroatoms. The minimum atomic E-state index is -0.704. The molecule has 0 aromatic carbocycles. The molecule has 0 aromatic rings. The highest BCUT2D eigenvalue weighted by atomic mass is 16.4. The molecule has 0 aromatic heterocycles. The molecule has 0 saturated carbocycles. The highest BCUT2D eigenvalue weighted by molar-refractivity contribution is 5.69. The fourth-order valence-electron chi connectivity index (χ4n) is 2.32. The summed E-state index contributed by atoms with van der Waals surface area (Å²) in [5.41, 5.74) is 0. The molecule has 2 bridgehead atoms. The first-order chi connectivity index (χ1) is 5.66. The summed E-state index contributed by atoms with van der Waals surface area (Å²) in [5.74, 6) is -0.704. The predicted molar refractivity (Wildman–Crippen MR) is 44.0 cm³/mol. The largest absolute Gasteiger partial charge is 0.480 e. The Morgan fingerprint density at radius 3 is 2.67 bits per heavy atom. The maximum atomic E-state index is 10.5. The third-order valence-electron chi connectivity index (χ3n) is 2.97. The monoisotopic (exact) mass is 170 g/mol. The van der Waals surface area contributed by atoms with Crippen LogP contribution in [0.2, 0.25) is 0 Å². The van der Waals surface area contributed by atoms with Crippen LogP contribution in [-0.2, 0) is 4.79 Å². The molecule has 2 aliphatic rings. The zero-order chi connectivity index (χ0) is 8.72. The first kappa shape index (κ1) is 8.01. The van der Waals surface area contributed by atoms with E-state index < -0.39 is 5.97 Å². The molecule has 1 N–H and O–H groups in total. The highest BCUT2D eigenvalue weighted by Gasteiger charge is 2.41. The molecule has 2 aliphatic heterocycles. The lowest BCUT2D eigenvalue weighted by atomic mass is 10.2.